The number of unbranched alkanes of at least 4 members (excludes halogenated alkanes) is 2. The summed E-state index contributed by atoms with van der Waals surface area (Å²) in [4.78, 5) is 9.04. The first kappa shape index (κ1) is 13.2. The van der Waals surface area contributed by atoms with Crippen LogP contribution in [0, 0.1) is 0 Å². The molecule has 0 aliphatic rings. The molecule has 0 bridgehead atoms. The SMILES string of the molecule is CCCCCC(CCCN)[PH](=O)O. The normalized spacial score (nSPS) is 15.6. The van der Waals surface area contributed by atoms with Crippen molar-refractivity contribution < 1.29 is 9.46 Å². The molecule has 0 saturated carbocycles. The molecule has 3 N–H and O–H groups in total. The number of hydrogen-bond donors (Lipinski definition) is 2. The molecule has 0 aromatic carbocycles. The van der Waals surface area contributed by atoms with Gasteiger partial charge >= 0.3 is 0 Å². The van der Waals surface area contributed by atoms with Gasteiger partial charge in [0, 0.05) is 5.66 Å². The zero-order chi connectivity index (χ0) is 10.1. The molecule has 13 heavy (non-hydrogen) atoms. The smallest absolute Gasteiger partial charge is 0.192 e. The summed E-state index contributed by atoms with van der Waals surface area (Å²) in [7, 11) is -2.33. The van der Waals surface area contributed by atoms with E-state index in [4.69, 9.17) is 10.6 Å². The first-order valence-electron chi connectivity index (χ1n) is 5.15. The Hall–Kier alpha value is 0.150. The lowest BCUT2D eigenvalue weighted by Gasteiger charge is -2.12. The summed E-state index contributed by atoms with van der Waals surface area (Å²) in [6, 6.07) is 0. The van der Waals surface area contributed by atoms with Crippen LogP contribution in [-0.2, 0) is 4.57 Å². The van der Waals surface area contributed by atoms with Gasteiger partial charge in [-0.25, -0.2) is 0 Å². The third kappa shape index (κ3) is 7.24. The molecule has 0 amide bonds. The molecule has 0 radical (unpaired) electrons. The average molecular weight is 207 g/mol. The number of hydrogen-bond acceptors (Lipinski definition) is 2. The van der Waals surface area contributed by atoms with Gasteiger partial charge in [0.25, 0.3) is 0 Å². The van der Waals surface area contributed by atoms with Crippen LogP contribution in [-0.4, -0.2) is 17.1 Å². The highest BCUT2D eigenvalue weighted by Gasteiger charge is 2.12. The first-order chi connectivity index (χ1) is 6.22. The van der Waals surface area contributed by atoms with Crippen molar-refractivity contribution >= 4 is 8.03 Å². The molecular weight excluding hydrogens is 185 g/mol. The molecule has 0 heterocycles. The van der Waals surface area contributed by atoms with E-state index in [1.807, 2.05) is 0 Å². The van der Waals surface area contributed by atoms with Crippen LogP contribution in [0.2, 0.25) is 0 Å². The van der Waals surface area contributed by atoms with Gasteiger partial charge < -0.3 is 10.6 Å². The Morgan fingerprint density at radius 3 is 2.38 bits per heavy atom. The summed E-state index contributed by atoms with van der Waals surface area (Å²) >= 11 is 0. The highest BCUT2D eigenvalue weighted by molar-refractivity contribution is 7.38. The lowest BCUT2D eigenvalue weighted by atomic mass is 10.1. The minimum Gasteiger partial charge on any atom is -0.346 e. The highest BCUT2D eigenvalue weighted by Crippen LogP contribution is 2.30. The second-order valence-electron chi connectivity index (χ2n) is 3.46. The van der Waals surface area contributed by atoms with Crippen molar-refractivity contribution in [1.29, 1.82) is 0 Å². The minimum atomic E-state index is -2.33. The standard InChI is InChI=1S/C9H22NO2P/c1-2-3-4-6-9(13(11)12)7-5-8-10/h9,13H,2-8,10H2,1H3,(H,11,12). The van der Waals surface area contributed by atoms with E-state index in [1.165, 1.54) is 0 Å². The molecule has 0 aliphatic heterocycles. The predicted octanol–water partition coefficient (Wildman–Crippen LogP) is 2.14. The maximum atomic E-state index is 10.9. The van der Waals surface area contributed by atoms with Crippen LogP contribution in [0.4, 0.5) is 0 Å². The van der Waals surface area contributed by atoms with E-state index in [2.05, 4.69) is 6.92 Å². The first-order valence-corrected chi connectivity index (χ1v) is 6.58. The second-order valence-corrected chi connectivity index (χ2v) is 4.95. The highest BCUT2D eigenvalue weighted by atomic mass is 31.1. The summed E-state index contributed by atoms with van der Waals surface area (Å²) in [5.41, 5.74) is 5.37. The maximum absolute atomic E-state index is 10.9. The van der Waals surface area contributed by atoms with E-state index in [-0.39, 0.29) is 5.66 Å². The number of rotatable bonds is 8. The fraction of sp³-hybridized carbons (Fsp3) is 1.00. The van der Waals surface area contributed by atoms with Gasteiger partial charge in [0.1, 0.15) is 0 Å². The third-order valence-corrected chi connectivity index (χ3v) is 3.54. The Morgan fingerprint density at radius 2 is 1.92 bits per heavy atom. The zero-order valence-corrected chi connectivity index (χ0v) is 9.46. The van der Waals surface area contributed by atoms with Gasteiger partial charge in [-0.05, 0) is 25.8 Å². The largest absolute Gasteiger partial charge is 0.346 e. The van der Waals surface area contributed by atoms with Crippen molar-refractivity contribution in [2.75, 3.05) is 6.54 Å². The van der Waals surface area contributed by atoms with Crippen LogP contribution in [0.5, 0.6) is 0 Å². The predicted molar refractivity (Wildman–Crippen MR) is 57.4 cm³/mol. The summed E-state index contributed by atoms with van der Waals surface area (Å²) in [5, 5.41) is 0. The van der Waals surface area contributed by atoms with Crippen molar-refractivity contribution in [2.24, 2.45) is 5.73 Å². The van der Waals surface area contributed by atoms with Gasteiger partial charge in [-0.1, -0.05) is 26.2 Å². The lowest BCUT2D eigenvalue weighted by molar-refractivity contribution is 0.469. The second kappa shape index (κ2) is 8.74. The molecule has 0 aliphatic carbocycles. The Balaban J connectivity index is 3.61. The molecule has 0 aromatic rings. The van der Waals surface area contributed by atoms with E-state index in [9.17, 15) is 4.57 Å². The minimum absolute atomic E-state index is 0.0140. The summed E-state index contributed by atoms with van der Waals surface area (Å²) in [5.74, 6) is 0. The van der Waals surface area contributed by atoms with Crippen molar-refractivity contribution in [1.82, 2.24) is 0 Å². The van der Waals surface area contributed by atoms with Gasteiger partial charge in [-0.2, -0.15) is 0 Å². The molecule has 2 unspecified atom stereocenters. The fourth-order valence-electron chi connectivity index (χ4n) is 1.40. The van der Waals surface area contributed by atoms with Gasteiger partial charge in [-0.3, -0.25) is 4.57 Å². The fourth-order valence-corrected chi connectivity index (χ4v) is 2.30. The van der Waals surface area contributed by atoms with Crippen LogP contribution < -0.4 is 5.73 Å². The van der Waals surface area contributed by atoms with Crippen LogP contribution in [0.3, 0.4) is 0 Å². The zero-order valence-electron chi connectivity index (χ0n) is 8.46. The molecule has 0 spiro atoms. The summed E-state index contributed by atoms with van der Waals surface area (Å²) in [6.45, 7) is 2.76. The summed E-state index contributed by atoms with van der Waals surface area (Å²) in [6.07, 6.45) is 5.97. The quantitative estimate of drug-likeness (QED) is 0.473. The lowest BCUT2D eigenvalue weighted by Crippen LogP contribution is -2.07. The maximum Gasteiger partial charge on any atom is 0.192 e. The van der Waals surface area contributed by atoms with Crippen LogP contribution in [0.1, 0.15) is 45.4 Å². The van der Waals surface area contributed by atoms with Gasteiger partial charge in [0.05, 0.1) is 0 Å². The van der Waals surface area contributed by atoms with E-state index < -0.39 is 8.03 Å². The van der Waals surface area contributed by atoms with Crippen LogP contribution in [0.25, 0.3) is 0 Å². The van der Waals surface area contributed by atoms with E-state index in [0.29, 0.717) is 6.54 Å². The van der Waals surface area contributed by atoms with E-state index >= 15 is 0 Å². The van der Waals surface area contributed by atoms with Gasteiger partial charge in [0.15, 0.2) is 8.03 Å². The molecule has 2 atom stereocenters. The summed E-state index contributed by atoms with van der Waals surface area (Å²) < 4.78 is 10.9. The van der Waals surface area contributed by atoms with E-state index in [1.54, 1.807) is 0 Å². The average Bonchev–Trinajstić information content (AvgIpc) is 2.10. The molecular formula is C9H22NO2P. The molecule has 0 rings (SSSR count). The van der Waals surface area contributed by atoms with Crippen molar-refractivity contribution in [3.63, 3.8) is 0 Å². The van der Waals surface area contributed by atoms with Gasteiger partial charge in [0.2, 0.25) is 0 Å². The van der Waals surface area contributed by atoms with Crippen LogP contribution >= 0.6 is 8.03 Å². The molecule has 0 saturated heterocycles. The Kier molecular flexibility index (Phi) is 8.84. The van der Waals surface area contributed by atoms with Crippen molar-refractivity contribution in [2.45, 2.75) is 51.1 Å². The van der Waals surface area contributed by atoms with Crippen LogP contribution in [0.15, 0.2) is 0 Å². The van der Waals surface area contributed by atoms with E-state index in [0.717, 1.165) is 38.5 Å². The van der Waals surface area contributed by atoms with Crippen molar-refractivity contribution in [3.05, 3.63) is 0 Å². The Bertz CT molecular complexity index is 142. The molecule has 80 valence electrons. The van der Waals surface area contributed by atoms with Crippen molar-refractivity contribution in [3.8, 4) is 0 Å². The third-order valence-electron chi connectivity index (χ3n) is 2.26. The molecule has 0 fully saturated rings. The molecule has 0 aromatic heterocycles. The monoisotopic (exact) mass is 207 g/mol. The Labute approximate surface area is 81.6 Å². The number of nitrogens with two attached hydrogens (primary N) is 1. The molecule has 3 nitrogen and oxygen atoms in total. The molecule has 4 heteroatoms. The Morgan fingerprint density at radius 1 is 1.31 bits per heavy atom. The van der Waals surface area contributed by atoms with Gasteiger partial charge in [-0.15, -0.1) is 0 Å². The topological polar surface area (TPSA) is 63.3 Å².